The number of rotatable bonds is 9. The summed E-state index contributed by atoms with van der Waals surface area (Å²) in [6.45, 7) is 3.64. The number of aliphatic hydroxyl groups is 1. The Morgan fingerprint density at radius 3 is 2.81 bits per heavy atom. The van der Waals surface area contributed by atoms with Gasteiger partial charge in [-0.05, 0) is 30.7 Å². The molecule has 26 heavy (non-hydrogen) atoms. The zero-order valence-electron chi connectivity index (χ0n) is 15.1. The van der Waals surface area contributed by atoms with Gasteiger partial charge in [0.1, 0.15) is 0 Å². The molecule has 0 spiro atoms. The summed E-state index contributed by atoms with van der Waals surface area (Å²) >= 11 is 1.44. The summed E-state index contributed by atoms with van der Waals surface area (Å²) in [5, 5.41) is 20.6. The van der Waals surface area contributed by atoms with Gasteiger partial charge in [0.15, 0.2) is 5.96 Å². The van der Waals surface area contributed by atoms with Crippen LogP contribution in [0.1, 0.15) is 28.9 Å². The van der Waals surface area contributed by atoms with Gasteiger partial charge in [0.05, 0.1) is 11.5 Å². The molecule has 148 valence electrons. The molecule has 1 aliphatic rings. The van der Waals surface area contributed by atoms with Crippen LogP contribution in [0.5, 0.6) is 0 Å². The molecule has 0 aliphatic carbocycles. The van der Waals surface area contributed by atoms with E-state index < -0.39 is 0 Å². The van der Waals surface area contributed by atoms with E-state index in [9.17, 15) is 9.90 Å². The first-order valence-corrected chi connectivity index (χ1v) is 9.52. The highest BCUT2D eigenvalue weighted by Gasteiger charge is 2.34. The number of nitrogens with one attached hydrogen (secondary N) is 3. The fraction of sp³-hybridized carbons (Fsp3) is 0.647. The molecule has 0 saturated carbocycles. The lowest BCUT2D eigenvalue weighted by molar-refractivity contribution is 0.0957. The molecule has 9 heteroatoms. The van der Waals surface area contributed by atoms with E-state index in [1.807, 2.05) is 17.5 Å². The fourth-order valence-electron chi connectivity index (χ4n) is 2.80. The number of ether oxygens (including phenoxy) is 1. The molecule has 1 aromatic heterocycles. The summed E-state index contributed by atoms with van der Waals surface area (Å²) in [7, 11) is 1.73. The van der Waals surface area contributed by atoms with Gasteiger partial charge in [-0.15, -0.1) is 35.3 Å². The van der Waals surface area contributed by atoms with Crippen molar-refractivity contribution in [1.29, 1.82) is 0 Å². The van der Waals surface area contributed by atoms with Gasteiger partial charge in [-0.1, -0.05) is 6.07 Å². The Morgan fingerprint density at radius 1 is 1.38 bits per heavy atom. The Bertz CT molecular complexity index is 548. The van der Waals surface area contributed by atoms with Gasteiger partial charge in [-0.25, -0.2) is 0 Å². The highest BCUT2D eigenvalue weighted by atomic mass is 127. The molecule has 0 radical (unpaired) electrons. The average molecular weight is 496 g/mol. The van der Waals surface area contributed by atoms with Crippen LogP contribution in [0, 0.1) is 5.41 Å². The minimum absolute atomic E-state index is 0. The number of nitrogens with zero attached hydrogens (tertiary/aromatic N) is 1. The first-order chi connectivity index (χ1) is 12.2. The zero-order valence-corrected chi connectivity index (χ0v) is 18.3. The van der Waals surface area contributed by atoms with E-state index in [1.165, 1.54) is 11.3 Å². The highest BCUT2D eigenvalue weighted by molar-refractivity contribution is 14.0. The van der Waals surface area contributed by atoms with E-state index in [1.54, 1.807) is 7.05 Å². The van der Waals surface area contributed by atoms with Crippen molar-refractivity contribution in [3.8, 4) is 0 Å². The molecule has 0 bridgehead atoms. The normalized spacial score (nSPS) is 19.7. The predicted molar refractivity (Wildman–Crippen MR) is 116 cm³/mol. The van der Waals surface area contributed by atoms with Crippen LogP contribution >= 0.6 is 35.3 Å². The predicted octanol–water partition coefficient (Wildman–Crippen LogP) is 1.44. The van der Waals surface area contributed by atoms with Gasteiger partial charge < -0.3 is 25.8 Å². The lowest BCUT2D eigenvalue weighted by Crippen LogP contribution is -2.45. The lowest BCUT2D eigenvalue weighted by Gasteiger charge is -2.27. The van der Waals surface area contributed by atoms with Gasteiger partial charge in [0, 0.05) is 45.3 Å². The van der Waals surface area contributed by atoms with Crippen molar-refractivity contribution in [1.82, 2.24) is 16.0 Å². The molecule has 1 atom stereocenters. The third kappa shape index (κ3) is 7.37. The summed E-state index contributed by atoms with van der Waals surface area (Å²) in [4.78, 5) is 16.8. The van der Waals surface area contributed by atoms with Gasteiger partial charge in [-0.2, -0.15) is 0 Å². The maximum Gasteiger partial charge on any atom is 0.261 e. The Balaban J connectivity index is 0.00000338. The van der Waals surface area contributed by atoms with E-state index >= 15 is 0 Å². The van der Waals surface area contributed by atoms with Crippen molar-refractivity contribution in [2.24, 2.45) is 10.4 Å². The van der Waals surface area contributed by atoms with Crippen molar-refractivity contribution in [3.63, 3.8) is 0 Å². The van der Waals surface area contributed by atoms with E-state index in [0.29, 0.717) is 19.7 Å². The van der Waals surface area contributed by atoms with Crippen LogP contribution in [-0.2, 0) is 4.74 Å². The second-order valence-electron chi connectivity index (χ2n) is 6.22. The zero-order chi connectivity index (χ0) is 18.0. The molecule has 1 amide bonds. The van der Waals surface area contributed by atoms with Gasteiger partial charge in [0.25, 0.3) is 5.91 Å². The summed E-state index contributed by atoms with van der Waals surface area (Å²) < 4.78 is 5.49. The standard InChI is InChI=1S/C17H28N4O3S.HI/c1-18-16(21-12-17(5-9-22)6-10-24-13-17)20-8-3-7-19-15(23)14-4-2-11-25-14;/h2,4,11,22H,3,5-10,12-13H2,1H3,(H,19,23)(H2,18,20,21);1H. The van der Waals surface area contributed by atoms with Crippen molar-refractivity contribution < 1.29 is 14.6 Å². The maximum absolute atomic E-state index is 11.8. The first kappa shape index (κ1) is 23.1. The molecule has 2 rings (SSSR count). The summed E-state index contributed by atoms with van der Waals surface area (Å²) in [6, 6.07) is 3.69. The largest absolute Gasteiger partial charge is 0.396 e. The highest BCUT2D eigenvalue weighted by Crippen LogP contribution is 2.31. The minimum atomic E-state index is -0.0234. The topological polar surface area (TPSA) is 95.0 Å². The molecule has 1 aromatic rings. The molecule has 4 N–H and O–H groups in total. The van der Waals surface area contributed by atoms with Gasteiger partial charge in [-0.3, -0.25) is 9.79 Å². The smallest absolute Gasteiger partial charge is 0.261 e. The van der Waals surface area contributed by atoms with E-state index in [2.05, 4.69) is 20.9 Å². The number of guanidine groups is 1. The molecular formula is C17H29IN4O3S. The quantitative estimate of drug-likeness (QED) is 0.180. The Hall–Kier alpha value is -0.910. The molecule has 2 heterocycles. The number of aliphatic hydroxyl groups excluding tert-OH is 1. The van der Waals surface area contributed by atoms with Crippen LogP contribution in [0.25, 0.3) is 0 Å². The number of halogens is 1. The Kier molecular flexibility index (Phi) is 11.1. The maximum atomic E-state index is 11.8. The van der Waals surface area contributed by atoms with Crippen LogP contribution < -0.4 is 16.0 Å². The number of amides is 1. The van der Waals surface area contributed by atoms with E-state index in [0.717, 1.165) is 43.3 Å². The number of thiophene rings is 1. The SMILES string of the molecule is CN=C(NCCCNC(=O)c1cccs1)NCC1(CCO)CCOC1.I. The second-order valence-corrected chi connectivity index (χ2v) is 7.16. The van der Waals surface area contributed by atoms with Crippen molar-refractivity contribution >= 4 is 47.2 Å². The minimum Gasteiger partial charge on any atom is -0.396 e. The number of aliphatic imine (C=N–C) groups is 1. The number of carbonyl (C=O) groups is 1. The summed E-state index contributed by atoms with van der Waals surface area (Å²) in [6.07, 6.45) is 2.49. The molecule has 7 nitrogen and oxygen atoms in total. The summed E-state index contributed by atoms with van der Waals surface area (Å²) in [5.74, 6) is 0.707. The monoisotopic (exact) mass is 496 g/mol. The Morgan fingerprint density at radius 2 is 2.19 bits per heavy atom. The number of carbonyl (C=O) groups excluding carboxylic acids is 1. The van der Waals surface area contributed by atoms with Crippen LogP contribution in [0.4, 0.5) is 0 Å². The molecule has 1 aliphatic heterocycles. The average Bonchev–Trinajstić information content (AvgIpc) is 3.30. The van der Waals surface area contributed by atoms with Crippen molar-refractivity contribution in [3.05, 3.63) is 22.4 Å². The van der Waals surface area contributed by atoms with Crippen LogP contribution in [0.2, 0.25) is 0 Å². The van der Waals surface area contributed by atoms with Crippen molar-refractivity contribution in [2.75, 3.05) is 46.5 Å². The third-order valence-corrected chi connectivity index (χ3v) is 5.23. The summed E-state index contributed by atoms with van der Waals surface area (Å²) in [5.41, 5.74) is -0.0128. The van der Waals surface area contributed by atoms with Gasteiger partial charge >= 0.3 is 0 Å². The van der Waals surface area contributed by atoms with Crippen LogP contribution in [0.3, 0.4) is 0 Å². The molecular weight excluding hydrogens is 467 g/mol. The lowest BCUT2D eigenvalue weighted by atomic mass is 9.84. The fourth-order valence-corrected chi connectivity index (χ4v) is 3.44. The first-order valence-electron chi connectivity index (χ1n) is 8.64. The van der Waals surface area contributed by atoms with E-state index in [4.69, 9.17) is 4.74 Å². The third-order valence-electron chi connectivity index (χ3n) is 4.36. The molecule has 1 saturated heterocycles. The molecule has 1 fully saturated rings. The van der Waals surface area contributed by atoms with Crippen molar-refractivity contribution in [2.45, 2.75) is 19.3 Å². The van der Waals surface area contributed by atoms with Gasteiger partial charge in [0.2, 0.25) is 0 Å². The Labute approximate surface area is 176 Å². The number of hydrogen-bond acceptors (Lipinski definition) is 5. The second kappa shape index (κ2) is 12.5. The van der Waals surface area contributed by atoms with Crippen LogP contribution in [0.15, 0.2) is 22.5 Å². The number of hydrogen-bond donors (Lipinski definition) is 4. The molecule has 1 unspecified atom stereocenters. The van der Waals surface area contributed by atoms with E-state index in [-0.39, 0.29) is 41.9 Å². The van der Waals surface area contributed by atoms with Crippen LogP contribution in [-0.4, -0.2) is 63.5 Å². The molecule has 0 aromatic carbocycles.